The standard InChI is InChI=1S/C12H18N2/c1-3-10(4-1)9-14-12(7-8-13-14)11-5-2-6-11/h7-8,10-11H,1-6,9H2. The zero-order valence-corrected chi connectivity index (χ0v) is 8.65. The molecule has 0 amide bonds. The average molecular weight is 190 g/mol. The first-order valence-corrected chi connectivity index (χ1v) is 5.95. The second-order valence-electron chi connectivity index (χ2n) is 4.86. The molecule has 0 saturated heterocycles. The molecule has 0 atom stereocenters. The Morgan fingerprint density at radius 3 is 2.57 bits per heavy atom. The van der Waals surface area contributed by atoms with E-state index in [0.29, 0.717) is 0 Å². The quantitative estimate of drug-likeness (QED) is 0.716. The van der Waals surface area contributed by atoms with Crippen molar-refractivity contribution in [1.29, 1.82) is 0 Å². The van der Waals surface area contributed by atoms with E-state index in [1.807, 2.05) is 6.20 Å². The molecule has 2 saturated carbocycles. The van der Waals surface area contributed by atoms with Crippen molar-refractivity contribution in [2.24, 2.45) is 5.92 Å². The van der Waals surface area contributed by atoms with Gasteiger partial charge in [-0.25, -0.2) is 0 Å². The molecule has 1 aromatic heterocycles. The van der Waals surface area contributed by atoms with Crippen LogP contribution in [0.5, 0.6) is 0 Å². The van der Waals surface area contributed by atoms with Crippen molar-refractivity contribution in [3.8, 4) is 0 Å². The molecule has 0 unspecified atom stereocenters. The molecule has 2 aliphatic carbocycles. The highest BCUT2D eigenvalue weighted by molar-refractivity contribution is 5.11. The molecule has 0 aliphatic heterocycles. The average Bonchev–Trinajstić information content (AvgIpc) is 2.42. The predicted octanol–water partition coefficient (Wildman–Crippen LogP) is 2.95. The van der Waals surface area contributed by atoms with E-state index in [1.165, 1.54) is 50.8 Å². The Labute approximate surface area is 85.3 Å². The number of hydrogen-bond donors (Lipinski definition) is 0. The van der Waals surface area contributed by atoms with Crippen LogP contribution in [0.2, 0.25) is 0 Å². The van der Waals surface area contributed by atoms with Crippen molar-refractivity contribution >= 4 is 0 Å². The fourth-order valence-corrected chi connectivity index (χ4v) is 2.47. The van der Waals surface area contributed by atoms with Gasteiger partial charge in [0.1, 0.15) is 0 Å². The van der Waals surface area contributed by atoms with Crippen LogP contribution in [0.3, 0.4) is 0 Å². The van der Waals surface area contributed by atoms with E-state index in [9.17, 15) is 0 Å². The Balaban J connectivity index is 1.72. The van der Waals surface area contributed by atoms with Crippen LogP contribution in [0.15, 0.2) is 12.3 Å². The van der Waals surface area contributed by atoms with Crippen LogP contribution in [0.1, 0.15) is 50.1 Å². The maximum atomic E-state index is 4.46. The van der Waals surface area contributed by atoms with Crippen molar-refractivity contribution in [3.63, 3.8) is 0 Å². The first kappa shape index (κ1) is 8.51. The number of rotatable bonds is 3. The highest BCUT2D eigenvalue weighted by Crippen LogP contribution is 2.37. The minimum Gasteiger partial charge on any atom is -0.269 e. The zero-order chi connectivity index (χ0) is 9.38. The van der Waals surface area contributed by atoms with Crippen molar-refractivity contribution in [2.75, 3.05) is 0 Å². The highest BCUT2D eigenvalue weighted by atomic mass is 15.3. The molecule has 76 valence electrons. The largest absolute Gasteiger partial charge is 0.269 e. The van der Waals surface area contributed by atoms with Crippen molar-refractivity contribution in [3.05, 3.63) is 18.0 Å². The molecule has 1 heterocycles. The van der Waals surface area contributed by atoms with Gasteiger partial charge in [-0.05, 0) is 37.7 Å². The molecule has 2 aliphatic rings. The van der Waals surface area contributed by atoms with Gasteiger partial charge in [0.2, 0.25) is 0 Å². The SMILES string of the molecule is c1cc(C2CCC2)n(CC2CCC2)n1. The van der Waals surface area contributed by atoms with Crippen molar-refractivity contribution in [2.45, 2.75) is 51.0 Å². The van der Waals surface area contributed by atoms with Gasteiger partial charge in [-0.15, -0.1) is 0 Å². The first-order chi connectivity index (χ1) is 6.93. The first-order valence-electron chi connectivity index (χ1n) is 5.95. The Bertz CT molecular complexity index is 308. The van der Waals surface area contributed by atoms with Crippen molar-refractivity contribution in [1.82, 2.24) is 9.78 Å². The predicted molar refractivity (Wildman–Crippen MR) is 56.2 cm³/mol. The Kier molecular flexibility index (Phi) is 2.07. The van der Waals surface area contributed by atoms with E-state index >= 15 is 0 Å². The topological polar surface area (TPSA) is 17.8 Å². The maximum absolute atomic E-state index is 4.46. The van der Waals surface area contributed by atoms with Crippen LogP contribution < -0.4 is 0 Å². The Morgan fingerprint density at radius 2 is 2.00 bits per heavy atom. The van der Waals surface area contributed by atoms with Crippen LogP contribution in [-0.4, -0.2) is 9.78 Å². The van der Waals surface area contributed by atoms with Crippen LogP contribution in [-0.2, 0) is 6.54 Å². The molecular formula is C12H18N2. The molecule has 0 aromatic carbocycles. The van der Waals surface area contributed by atoms with Gasteiger partial charge >= 0.3 is 0 Å². The molecule has 14 heavy (non-hydrogen) atoms. The number of nitrogens with zero attached hydrogens (tertiary/aromatic N) is 2. The fourth-order valence-electron chi connectivity index (χ4n) is 2.47. The van der Waals surface area contributed by atoms with Crippen LogP contribution in [0.25, 0.3) is 0 Å². The number of aromatic nitrogens is 2. The molecule has 2 heteroatoms. The van der Waals surface area contributed by atoms with Crippen LogP contribution >= 0.6 is 0 Å². The van der Waals surface area contributed by atoms with Gasteiger partial charge in [-0.3, -0.25) is 4.68 Å². The summed E-state index contributed by atoms with van der Waals surface area (Å²) in [5.41, 5.74) is 1.50. The maximum Gasteiger partial charge on any atom is 0.0492 e. The smallest absolute Gasteiger partial charge is 0.0492 e. The molecule has 0 radical (unpaired) electrons. The lowest BCUT2D eigenvalue weighted by Gasteiger charge is -2.30. The summed E-state index contributed by atoms with van der Waals surface area (Å²) in [5, 5.41) is 4.46. The van der Waals surface area contributed by atoms with E-state index in [2.05, 4.69) is 15.8 Å². The zero-order valence-electron chi connectivity index (χ0n) is 8.65. The monoisotopic (exact) mass is 190 g/mol. The summed E-state index contributed by atoms with van der Waals surface area (Å²) in [4.78, 5) is 0. The van der Waals surface area contributed by atoms with Crippen molar-refractivity contribution < 1.29 is 0 Å². The molecule has 2 fully saturated rings. The summed E-state index contributed by atoms with van der Waals surface area (Å²) in [6.45, 7) is 1.18. The van der Waals surface area contributed by atoms with Crippen LogP contribution in [0.4, 0.5) is 0 Å². The lowest BCUT2D eigenvalue weighted by Crippen LogP contribution is -2.22. The Hall–Kier alpha value is -0.790. The number of hydrogen-bond acceptors (Lipinski definition) is 1. The van der Waals surface area contributed by atoms with E-state index < -0.39 is 0 Å². The third-order valence-electron chi connectivity index (χ3n) is 3.93. The van der Waals surface area contributed by atoms with E-state index in [4.69, 9.17) is 0 Å². The second-order valence-corrected chi connectivity index (χ2v) is 4.86. The minimum atomic E-state index is 0.831. The summed E-state index contributed by atoms with van der Waals surface area (Å²) in [6.07, 6.45) is 10.4. The summed E-state index contributed by atoms with van der Waals surface area (Å²) in [5.74, 6) is 1.76. The van der Waals surface area contributed by atoms with E-state index in [1.54, 1.807) is 0 Å². The molecule has 0 spiro atoms. The summed E-state index contributed by atoms with van der Waals surface area (Å²) >= 11 is 0. The molecule has 0 N–H and O–H groups in total. The Morgan fingerprint density at radius 1 is 1.21 bits per heavy atom. The van der Waals surface area contributed by atoms with Gasteiger partial charge in [0.25, 0.3) is 0 Å². The lowest BCUT2D eigenvalue weighted by molar-refractivity contribution is 0.256. The summed E-state index contributed by atoms with van der Waals surface area (Å²) < 4.78 is 2.27. The van der Waals surface area contributed by atoms with Gasteiger partial charge in [0.15, 0.2) is 0 Å². The highest BCUT2D eigenvalue weighted by Gasteiger charge is 2.25. The third kappa shape index (κ3) is 1.37. The van der Waals surface area contributed by atoms with Gasteiger partial charge in [0.05, 0.1) is 0 Å². The van der Waals surface area contributed by atoms with Gasteiger partial charge in [0, 0.05) is 24.4 Å². The summed E-state index contributed by atoms with van der Waals surface area (Å²) in [7, 11) is 0. The fraction of sp³-hybridized carbons (Fsp3) is 0.750. The summed E-state index contributed by atoms with van der Waals surface area (Å²) in [6, 6.07) is 2.22. The molecule has 3 rings (SSSR count). The van der Waals surface area contributed by atoms with E-state index in [-0.39, 0.29) is 0 Å². The third-order valence-corrected chi connectivity index (χ3v) is 3.93. The van der Waals surface area contributed by atoms with Gasteiger partial charge in [-0.2, -0.15) is 5.10 Å². The molecule has 0 bridgehead atoms. The minimum absolute atomic E-state index is 0.831. The van der Waals surface area contributed by atoms with E-state index in [0.717, 1.165) is 11.8 Å². The normalized spacial score (nSPS) is 23.1. The van der Waals surface area contributed by atoms with Gasteiger partial charge < -0.3 is 0 Å². The molecular weight excluding hydrogens is 172 g/mol. The molecule has 2 nitrogen and oxygen atoms in total. The molecule has 1 aromatic rings. The lowest BCUT2D eigenvalue weighted by atomic mass is 9.82. The second kappa shape index (κ2) is 3.41. The van der Waals surface area contributed by atoms with Crippen LogP contribution in [0, 0.1) is 5.92 Å². The van der Waals surface area contributed by atoms with Gasteiger partial charge in [-0.1, -0.05) is 12.8 Å².